The van der Waals surface area contributed by atoms with Crippen LogP contribution in [0.3, 0.4) is 0 Å². The lowest BCUT2D eigenvalue weighted by atomic mass is 10.0. The van der Waals surface area contributed by atoms with Crippen molar-refractivity contribution < 1.29 is 4.74 Å². The molecule has 26 heavy (non-hydrogen) atoms. The number of anilines is 1. The summed E-state index contributed by atoms with van der Waals surface area (Å²) in [6.07, 6.45) is 1.82. The molecule has 1 aliphatic rings. The van der Waals surface area contributed by atoms with Crippen LogP contribution < -0.4 is 15.0 Å². The lowest BCUT2D eigenvalue weighted by Crippen LogP contribution is -2.29. The Balaban J connectivity index is 1.79. The Kier molecular flexibility index (Phi) is 4.93. The van der Waals surface area contributed by atoms with Crippen LogP contribution in [0.25, 0.3) is 0 Å². The van der Waals surface area contributed by atoms with E-state index >= 15 is 0 Å². The molecule has 2 aromatic heterocycles. The number of methoxy groups -OCH3 is 1. The predicted octanol–water partition coefficient (Wildman–Crippen LogP) is 5.09. The minimum Gasteiger partial charge on any atom is -0.497 e. The summed E-state index contributed by atoms with van der Waals surface area (Å²) in [5.41, 5.74) is 2.00. The summed E-state index contributed by atoms with van der Waals surface area (Å²) in [5.74, 6) is 0.823. The Hall–Kier alpha value is -1.96. The van der Waals surface area contributed by atoms with Crippen molar-refractivity contribution in [1.82, 2.24) is 10.3 Å². The van der Waals surface area contributed by atoms with Gasteiger partial charge in [0.1, 0.15) is 5.75 Å². The fraction of sp³-hybridized carbons (Fsp3) is 0.158. The molecule has 0 amide bonds. The van der Waals surface area contributed by atoms with E-state index < -0.39 is 0 Å². The first-order valence-corrected chi connectivity index (χ1v) is 10.1. The van der Waals surface area contributed by atoms with Crippen LogP contribution in [0.1, 0.15) is 22.7 Å². The number of benzene rings is 1. The Bertz CT molecular complexity index is 914. The van der Waals surface area contributed by atoms with Gasteiger partial charge in [0.2, 0.25) is 0 Å². The molecule has 4 rings (SSSR count). The standard InChI is InChI=1S/C19H16BrN3OS2/c1-24-14-7-5-13(6-8-14)23-18(16-10-12(20)11-26-16)17(22-19(23)25)15-4-2-3-9-21-15/h2-11,17-18H,1H3,(H,22,25)/t17-,18-/m1/s1. The van der Waals surface area contributed by atoms with Crippen LogP contribution >= 0.6 is 39.5 Å². The number of nitrogens with one attached hydrogen (secondary N) is 1. The van der Waals surface area contributed by atoms with Crippen LogP contribution in [0, 0.1) is 0 Å². The first-order chi connectivity index (χ1) is 12.7. The SMILES string of the molecule is COc1ccc(N2C(=S)N[C@H](c3ccccn3)[C@H]2c2cc(Br)cs2)cc1. The number of pyridine rings is 1. The van der Waals surface area contributed by atoms with E-state index in [1.54, 1.807) is 18.4 Å². The highest BCUT2D eigenvalue weighted by atomic mass is 79.9. The highest BCUT2D eigenvalue weighted by Gasteiger charge is 2.41. The average molecular weight is 446 g/mol. The number of hydrogen-bond donors (Lipinski definition) is 1. The fourth-order valence-electron chi connectivity index (χ4n) is 3.15. The normalized spacial score (nSPS) is 19.5. The third-order valence-corrected chi connectivity index (χ3v) is 6.41. The van der Waals surface area contributed by atoms with Crippen molar-refractivity contribution in [3.05, 3.63) is 75.2 Å². The van der Waals surface area contributed by atoms with Gasteiger partial charge in [0.05, 0.1) is 24.9 Å². The van der Waals surface area contributed by atoms with Gasteiger partial charge in [0.25, 0.3) is 0 Å². The molecule has 3 aromatic rings. The summed E-state index contributed by atoms with van der Waals surface area (Å²) in [5, 5.41) is 6.25. The van der Waals surface area contributed by atoms with E-state index in [-0.39, 0.29) is 12.1 Å². The lowest BCUT2D eigenvalue weighted by molar-refractivity contribution is 0.415. The third kappa shape index (κ3) is 3.22. The molecule has 1 fully saturated rings. The predicted molar refractivity (Wildman–Crippen MR) is 113 cm³/mol. The van der Waals surface area contributed by atoms with E-state index in [0.717, 1.165) is 21.6 Å². The molecule has 1 saturated heterocycles. The summed E-state index contributed by atoms with van der Waals surface area (Å²) < 4.78 is 6.36. The van der Waals surface area contributed by atoms with Crippen molar-refractivity contribution in [2.75, 3.05) is 12.0 Å². The zero-order chi connectivity index (χ0) is 18.1. The van der Waals surface area contributed by atoms with E-state index in [9.17, 15) is 0 Å². The zero-order valence-corrected chi connectivity index (χ0v) is 17.1. The Morgan fingerprint density at radius 2 is 2.04 bits per heavy atom. The maximum atomic E-state index is 5.69. The highest BCUT2D eigenvalue weighted by Crippen LogP contribution is 2.44. The van der Waals surface area contributed by atoms with Gasteiger partial charge in [-0.1, -0.05) is 6.07 Å². The smallest absolute Gasteiger partial charge is 0.174 e. The summed E-state index contributed by atoms with van der Waals surface area (Å²) >= 11 is 11.0. The Morgan fingerprint density at radius 1 is 1.23 bits per heavy atom. The molecule has 0 unspecified atom stereocenters. The van der Waals surface area contributed by atoms with Crippen molar-refractivity contribution in [2.24, 2.45) is 0 Å². The van der Waals surface area contributed by atoms with Crippen LogP contribution in [0.5, 0.6) is 5.75 Å². The van der Waals surface area contributed by atoms with Crippen molar-refractivity contribution in [2.45, 2.75) is 12.1 Å². The number of thiocarbonyl (C=S) groups is 1. The summed E-state index contributed by atoms with van der Waals surface area (Å²) in [7, 11) is 1.67. The average Bonchev–Trinajstić information content (AvgIpc) is 3.25. The molecular formula is C19H16BrN3OS2. The lowest BCUT2D eigenvalue weighted by Gasteiger charge is -2.27. The summed E-state index contributed by atoms with van der Waals surface area (Å²) in [4.78, 5) is 7.93. The molecule has 1 aromatic carbocycles. The highest BCUT2D eigenvalue weighted by molar-refractivity contribution is 9.10. The van der Waals surface area contributed by atoms with Gasteiger partial charge < -0.3 is 15.0 Å². The zero-order valence-electron chi connectivity index (χ0n) is 13.9. The Morgan fingerprint density at radius 3 is 2.65 bits per heavy atom. The molecule has 132 valence electrons. The number of halogens is 1. The van der Waals surface area contributed by atoms with Crippen molar-refractivity contribution in [3.8, 4) is 5.75 Å². The topological polar surface area (TPSA) is 37.4 Å². The van der Waals surface area contributed by atoms with Gasteiger partial charge in [0, 0.05) is 26.6 Å². The van der Waals surface area contributed by atoms with Crippen LogP contribution in [-0.4, -0.2) is 17.2 Å². The van der Waals surface area contributed by atoms with E-state index in [4.69, 9.17) is 17.0 Å². The molecule has 0 radical (unpaired) electrons. The van der Waals surface area contributed by atoms with E-state index in [0.29, 0.717) is 5.11 Å². The van der Waals surface area contributed by atoms with Gasteiger partial charge in [-0.25, -0.2) is 0 Å². The van der Waals surface area contributed by atoms with E-state index in [2.05, 4.69) is 42.6 Å². The summed E-state index contributed by atoms with van der Waals surface area (Å²) in [6, 6.07) is 16.1. The summed E-state index contributed by atoms with van der Waals surface area (Å²) in [6.45, 7) is 0. The number of thiophene rings is 1. The van der Waals surface area contributed by atoms with Crippen LogP contribution in [0.2, 0.25) is 0 Å². The largest absolute Gasteiger partial charge is 0.497 e. The molecule has 0 bridgehead atoms. The van der Waals surface area contributed by atoms with Gasteiger partial charge in [-0.05, 0) is 70.6 Å². The molecule has 2 atom stereocenters. The molecule has 4 nitrogen and oxygen atoms in total. The first kappa shape index (κ1) is 17.5. The molecule has 0 saturated carbocycles. The number of ether oxygens (including phenoxy) is 1. The second-order valence-corrected chi connectivity index (χ2v) is 8.11. The number of rotatable bonds is 4. The van der Waals surface area contributed by atoms with E-state index in [1.165, 1.54) is 4.88 Å². The van der Waals surface area contributed by atoms with Crippen molar-refractivity contribution in [3.63, 3.8) is 0 Å². The molecule has 0 spiro atoms. The first-order valence-electron chi connectivity index (χ1n) is 8.06. The maximum Gasteiger partial charge on any atom is 0.174 e. The Labute approximate surface area is 170 Å². The molecular weight excluding hydrogens is 430 g/mol. The molecule has 0 aliphatic carbocycles. The quantitative estimate of drug-likeness (QED) is 0.565. The molecule has 1 N–H and O–H groups in total. The van der Waals surface area contributed by atoms with Crippen LogP contribution in [0.15, 0.2) is 64.6 Å². The monoisotopic (exact) mass is 445 g/mol. The molecule has 1 aliphatic heterocycles. The van der Waals surface area contributed by atoms with Crippen LogP contribution in [-0.2, 0) is 0 Å². The minimum atomic E-state index is -0.0173. The maximum absolute atomic E-state index is 5.69. The number of hydrogen-bond acceptors (Lipinski definition) is 4. The number of nitrogens with zero attached hydrogens (tertiary/aromatic N) is 2. The van der Waals surface area contributed by atoms with Gasteiger partial charge in [0.15, 0.2) is 5.11 Å². The molecule has 7 heteroatoms. The van der Waals surface area contributed by atoms with Gasteiger partial charge in [-0.2, -0.15) is 0 Å². The third-order valence-electron chi connectivity index (χ3n) is 4.33. The number of aromatic nitrogens is 1. The minimum absolute atomic E-state index is 0.0173. The van der Waals surface area contributed by atoms with E-state index in [1.807, 2.05) is 48.7 Å². The van der Waals surface area contributed by atoms with Crippen LogP contribution in [0.4, 0.5) is 5.69 Å². The van der Waals surface area contributed by atoms with Gasteiger partial charge in [-0.15, -0.1) is 11.3 Å². The second-order valence-electron chi connectivity index (χ2n) is 5.86. The van der Waals surface area contributed by atoms with Crippen molar-refractivity contribution in [1.29, 1.82) is 0 Å². The van der Waals surface area contributed by atoms with Crippen molar-refractivity contribution >= 4 is 50.3 Å². The fourth-order valence-corrected chi connectivity index (χ4v) is 5.07. The van der Waals surface area contributed by atoms with Gasteiger partial charge in [-0.3, -0.25) is 4.98 Å². The second kappa shape index (κ2) is 7.34. The molecule has 3 heterocycles. The van der Waals surface area contributed by atoms with Gasteiger partial charge >= 0.3 is 0 Å².